The number of ether oxygens (including phenoxy) is 1. The van der Waals surface area contributed by atoms with E-state index in [-0.39, 0.29) is 6.61 Å². The highest BCUT2D eigenvalue weighted by molar-refractivity contribution is 9.10. The van der Waals surface area contributed by atoms with Gasteiger partial charge >= 0.3 is 6.09 Å². The van der Waals surface area contributed by atoms with Gasteiger partial charge in [-0.05, 0) is 34.6 Å². The Hall–Kier alpha value is -2.12. The predicted molar refractivity (Wildman–Crippen MR) is 102 cm³/mol. The standard InChI is InChI=1S/C18H21BrN4O2/c1-22-7-9-23(10-8-22)17-16(11-15(19)12-20-17)21-18(24)25-13-14-5-3-2-4-6-14/h2-6,11-12H,7-10,13H2,1H3,(H,21,24). The van der Waals surface area contributed by atoms with E-state index in [9.17, 15) is 4.79 Å². The summed E-state index contributed by atoms with van der Waals surface area (Å²) in [6, 6.07) is 11.5. The average Bonchev–Trinajstić information content (AvgIpc) is 2.62. The number of rotatable bonds is 4. The van der Waals surface area contributed by atoms with Crippen LogP contribution in [-0.4, -0.2) is 49.2 Å². The Kier molecular flexibility index (Phi) is 5.88. The zero-order valence-corrected chi connectivity index (χ0v) is 15.7. The van der Waals surface area contributed by atoms with Crippen molar-refractivity contribution in [1.82, 2.24) is 9.88 Å². The Labute approximate surface area is 155 Å². The molecule has 0 radical (unpaired) electrons. The normalized spacial score (nSPS) is 15.0. The Morgan fingerprint density at radius 3 is 2.68 bits per heavy atom. The van der Waals surface area contributed by atoms with Gasteiger partial charge in [0.15, 0.2) is 5.82 Å². The lowest BCUT2D eigenvalue weighted by molar-refractivity contribution is 0.155. The summed E-state index contributed by atoms with van der Waals surface area (Å²) in [5, 5.41) is 2.82. The molecule has 2 heterocycles. The van der Waals surface area contributed by atoms with Gasteiger partial charge in [0, 0.05) is 36.8 Å². The van der Waals surface area contributed by atoms with Gasteiger partial charge < -0.3 is 14.5 Å². The first-order chi connectivity index (χ1) is 12.1. The Bertz CT molecular complexity index is 718. The molecule has 25 heavy (non-hydrogen) atoms. The molecule has 0 aliphatic carbocycles. The molecule has 1 saturated heterocycles. The van der Waals surface area contributed by atoms with Crippen LogP contribution in [0.4, 0.5) is 16.3 Å². The van der Waals surface area contributed by atoms with E-state index in [0.29, 0.717) is 5.69 Å². The largest absolute Gasteiger partial charge is 0.444 e. The van der Waals surface area contributed by atoms with Gasteiger partial charge in [-0.1, -0.05) is 30.3 Å². The molecular formula is C18H21BrN4O2. The summed E-state index contributed by atoms with van der Waals surface area (Å²) < 4.78 is 6.12. The van der Waals surface area contributed by atoms with Gasteiger partial charge in [-0.2, -0.15) is 0 Å². The summed E-state index contributed by atoms with van der Waals surface area (Å²) in [5.41, 5.74) is 1.60. The van der Waals surface area contributed by atoms with Gasteiger partial charge in [-0.25, -0.2) is 9.78 Å². The minimum Gasteiger partial charge on any atom is -0.444 e. The van der Waals surface area contributed by atoms with Gasteiger partial charge in [-0.3, -0.25) is 5.32 Å². The summed E-state index contributed by atoms with van der Waals surface area (Å²) in [7, 11) is 2.10. The number of nitrogens with zero attached hydrogens (tertiary/aromatic N) is 3. The molecule has 1 fully saturated rings. The Morgan fingerprint density at radius 2 is 1.96 bits per heavy atom. The maximum atomic E-state index is 12.2. The number of piperazine rings is 1. The minimum atomic E-state index is -0.487. The molecule has 0 bridgehead atoms. The van der Waals surface area contributed by atoms with E-state index < -0.39 is 6.09 Å². The first-order valence-corrected chi connectivity index (χ1v) is 8.98. The number of anilines is 2. The molecule has 1 aliphatic heterocycles. The fourth-order valence-electron chi connectivity index (χ4n) is 2.66. The average molecular weight is 405 g/mol. The maximum Gasteiger partial charge on any atom is 0.412 e. The molecule has 2 aromatic rings. The second-order valence-corrected chi connectivity index (χ2v) is 6.92. The number of nitrogens with one attached hydrogen (secondary N) is 1. The smallest absolute Gasteiger partial charge is 0.412 e. The van der Waals surface area contributed by atoms with Crippen molar-refractivity contribution in [3.8, 4) is 0 Å². The summed E-state index contributed by atoms with van der Waals surface area (Å²) >= 11 is 3.41. The number of amides is 1. The van der Waals surface area contributed by atoms with E-state index in [1.165, 1.54) is 0 Å². The molecule has 1 amide bonds. The molecular weight excluding hydrogens is 384 g/mol. The number of carbonyl (C=O) groups is 1. The van der Waals surface area contributed by atoms with Gasteiger partial charge in [0.1, 0.15) is 6.61 Å². The molecule has 1 aromatic carbocycles. The molecule has 3 rings (SSSR count). The van der Waals surface area contributed by atoms with E-state index >= 15 is 0 Å². The molecule has 0 spiro atoms. The van der Waals surface area contributed by atoms with Crippen LogP contribution in [0.5, 0.6) is 0 Å². The number of aromatic nitrogens is 1. The van der Waals surface area contributed by atoms with Crippen LogP contribution in [0.15, 0.2) is 47.1 Å². The lowest BCUT2D eigenvalue weighted by Crippen LogP contribution is -2.45. The molecule has 7 heteroatoms. The van der Waals surface area contributed by atoms with Crippen molar-refractivity contribution >= 4 is 33.5 Å². The predicted octanol–water partition coefficient (Wildman–Crippen LogP) is 3.34. The monoisotopic (exact) mass is 404 g/mol. The van der Waals surface area contributed by atoms with E-state index in [0.717, 1.165) is 42.0 Å². The maximum absolute atomic E-state index is 12.2. The lowest BCUT2D eigenvalue weighted by Gasteiger charge is -2.34. The number of hydrogen-bond acceptors (Lipinski definition) is 5. The summed E-state index contributed by atoms with van der Waals surface area (Å²) in [4.78, 5) is 21.1. The minimum absolute atomic E-state index is 0.234. The summed E-state index contributed by atoms with van der Waals surface area (Å²) in [5.74, 6) is 0.771. The number of hydrogen-bond donors (Lipinski definition) is 1. The zero-order valence-electron chi connectivity index (χ0n) is 14.1. The number of benzene rings is 1. The van der Waals surface area contributed by atoms with Gasteiger partial charge in [0.25, 0.3) is 0 Å². The zero-order chi connectivity index (χ0) is 17.6. The van der Waals surface area contributed by atoms with Crippen LogP contribution < -0.4 is 10.2 Å². The van der Waals surface area contributed by atoms with Crippen molar-refractivity contribution in [2.45, 2.75) is 6.61 Å². The molecule has 0 saturated carbocycles. The molecule has 0 atom stereocenters. The van der Waals surface area contributed by atoms with Gasteiger partial charge in [0.05, 0.1) is 5.69 Å². The first kappa shape index (κ1) is 17.7. The number of halogens is 1. The van der Waals surface area contributed by atoms with Crippen LogP contribution in [-0.2, 0) is 11.3 Å². The third-order valence-electron chi connectivity index (χ3n) is 4.09. The molecule has 1 aromatic heterocycles. The second-order valence-electron chi connectivity index (χ2n) is 6.00. The van der Waals surface area contributed by atoms with Gasteiger partial charge in [-0.15, -0.1) is 0 Å². The molecule has 1 aliphatic rings. The topological polar surface area (TPSA) is 57.7 Å². The Morgan fingerprint density at radius 1 is 1.24 bits per heavy atom. The van der Waals surface area contributed by atoms with Crippen molar-refractivity contribution in [2.75, 3.05) is 43.4 Å². The third-order valence-corrected chi connectivity index (χ3v) is 4.52. The molecule has 1 N–H and O–H groups in total. The van der Waals surface area contributed by atoms with Crippen LogP contribution in [0, 0.1) is 0 Å². The first-order valence-electron chi connectivity index (χ1n) is 8.18. The molecule has 6 nitrogen and oxygen atoms in total. The van der Waals surface area contributed by atoms with E-state index in [4.69, 9.17) is 4.74 Å². The highest BCUT2D eigenvalue weighted by atomic mass is 79.9. The van der Waals surface area contributed by atoms with Crippen LogP contribution in [0.3, 0.4) is 0 Å². The lowest BCUT2D eigenvalue weighted by atomic mass is 10.2. The Balaban J connectivity index is 1.66. The fraction of sp³-hybridized carbons (Fsp3) is 0.333. The van der Waals surface area contributed by atoms with Crippen molar-refractivity contribution in [2.24, 2.45) is 0 Å². The van der Waals surface area contributed by atoms with E-state index in [1.807, 2.05) is 36.4 Å². The third kappa shape index (κ3) is 4.93. The van der Waals surface area contributed by atoms with Crippen LogP contribution in [0.2, 0.25) is 0 Å². The molecule has 0 unspecified atom stereocenters. The highest BCUT2D eigenvalue weighted by Gasteiger charge is 2.20. The fourth-order valence-corrected chi connectivity index (χ4v) is 2.99. The van der Waals surface area contributed by atoms with Crippen molar-refractivity contribution in [1.29, 1.82) is 0 Å². The SMILES string of the molecule is CN1CCN(c2ncc(Br)cc2NC(=O)OCc2ccccc2)CC1. The highest BCUT2D eigenvalue weighted by Crippen LogP contribution is 2.27. The summed E-state index contributed by atoms with van der Waals surface area (Å²) in [6.45, 7) is 3.92. The van der Waals surface area contributed by atoms with Crippen molar-refractivity contribution in [3.63, 3.8) is 0 Å². The van der Waals surface area contributed by atoms with E-state index in [2.05, 4.69) is 43.1 Å². The number of likely N-dealkylation sites (N-methyl/N-ethyl adjacent to an activating group) is 1. The van der Waals surface area contributed by atoms with Crippen LogP contribution >= 0.6 is 15.9 Å². The van der Waals surface area contributed by atoms with Crippen LogP contribution in [0.1, 0.15) is 5.56 Å². The van der Waals surface area contributed by atoms with Crippen LogP contribution in [0.25, 0.3) is 0 Å². The van der Waals surface area contributed by atoms with Gasteiger partial charge in [0.2, 0.25) is 0 Å². The number of carbonyl (C=O) groups excluding carboxylic acids is 1. The summed E-state index contributed by atoms with van der Waals surface area (Å²) in [6.07, 6.45) is 1.26. The quantitative estimate of drug-likeness (QED) is 0.846. The van der Waals surface area contributed by atoms with Crippen molar-refractivity contribution in [3.05, 3.63) is 52.6 Å². The van der Waals surface area contributed by atoms with E-state index in [1.54, 1.807) is 6.20 Å². The second kappa shape index (κ2) is 8.31. The number of pyridine rings is 1. The molecule has 132 valence electrons. The van der Waals surface area contributed by atoms with Crippen molar-refractivity contribution < 1.29 is 9.53 Å².